The fourth-order valence-electron chi connectivity index (χ4n) is 5.11. The van der Waals surface area contributed by atoms with Gasteiger partial charge < -0.3 is 20.5 Å². The molecule has 1 aromatic heterocycles. The molecule has 1 fully saturated rings. The van der Waals surface area contributed by atoms with Gasteiger partial charge in [-0.05, 0) is 103 Å². The average molecular weight is 507 g/mol. The zero-order chi connectivity index (χ0) is 26.8. The molecule has 1 aliphatic rings. The Morgan fingerprint density at radius 3 is 2.31 bits per heavy atom. The van der Waals surface area contributed by atoms with Gasteiger partial charge in [0.05, 0.1) is 5.56 Å². The molecule has 2 aromatic rings. The van der Waals surface area contributed by atoms with E-state index in [0.29, 0.717) is 40.0 Å². The fourth-order valence-corrected chi connectivity index (χ4v) is 5.11. The largest absolute Gasteiger partial charge is 0.416 e. The van der Waals surface area contributed by atoms with Gasteiger partial charge in [-0.25, -0.2) is 0 Å². The van der Waals surface area contributed by atoms with Gasteiger partial charge in [-0.3, -0.25) is 9.59 Å². The minimum absolute atomic E-state index is 0.0417. The van der Waals surface area contributed by atoms with Crippen LogP contribution in [0.2, 0.25) is 0 Å². The third kappa shape index (κ3) is 6.49. The van der Waals surface area contributed by atoms with Crippen molar-refractivity contribution in [3.63, 3.8) is 0 Å². The van der Waals surface area contributed by atoms with Gasteiger partial charge in [-0.1, -0.05) is 0 Å². The Bertz CT molecular complexity index is 1150. The molecule has 6 nitrogen and oxygen atoms in total. The first-order valence-corrected chi connectivity index (χ1v) is 12.4. The van der Waals surface area contributed by atoms with Crippen molar-refractivity contribution < 1.29 is 18.0 Å². The molecule has 1 amide bonds. The van der Waals surface area contributed by atoms with Crippen LogP contribution in [0.3, 0.4) is 0 Å². The van der Waals surface area contributed by atoms with E-state index in [1.54, 1.807) is 26.8 Å². The van der Waals surface area contributed by atoms with E-state index in [0.717, 1.165) is 37.8 Å². The molecular formula is C27H37F3N4O2. The summed E-state index contributed by atoms with van der Waals surface area (Å²) in [4.78, 5) is 30.2. The van der Waals surface area contributed by atoms with E-state index in [1.807, 2.05) is 6.92 Å². The van der Waals surface area contributed by atoms with Crippen LogP contribution in [0.5, 0.6) is 0 Å². The monoisotopic (exact) mass is 506 g/mol. The number of aromatic nitrogens is 1. The number of hydrogen-bond donors (Lipinski definition) is 3. The van der Waals surface area contributed by atoms with E-state index in [2.05, 4.69) is 34.6 Å². The SMILES string of the molecule is Cc1cc(C)c(CNC(=O)c2cc(C(F)(F)F)cc(NC(C)C3CCC(N(C)C)CC3)c2C)c(=O)[nH]1. The van der Waals surface area contributed by atoms with Crippen molar-refractivity contribution in [2.45, 2.75) is 78.2 Å². The first kappa shape index (κ1) is 27.8. The van der Waals surface area contributed by atoms with Crippen molar-refractivity contribution in [3.05, 3.63) is 62.1 Å². The number of aryl methyl sites for hydroxylation is 2. The summed E-state index contributed by atoms with van der Waals surface area (Å²) in [6, 6.07) is 4.24. The lowest BCUT2D eigenvalue weighted by Gasteiger charge is -2.36. The summed E-state index contributed by atoms with van der Waals surface area (Å²) >= 11 is 0. The van der Waals surface area contributed by atoms with E-state index in [-0.39, 0.29) is 23.7 Å². The Hall–Kier alpha value is -2.81. The predicted molar refractivity (Wildman–Crippen MR) is 136 cm³/mol. The normalized spacial score (nSPS) is 19.3. The van der Waals surface area contributed by atoms with Gasteiger partial charge in [0.1, 0.15) is 0 Å². The first-order chi connectivity index (χ1) is 16.8. The third-order valence-electron chi connectivity index (χ3n) is 7.46. The smallest absolute Gasteiger partial charge is 0.382 e. The summed E-state index contributed by atoms with van der Waals surface area (Å²) < 4.78 is 41.2. The average Bonchev–Trinajstić information content (AvgIpc) is 2.78. The predicted octanol–water partition coefficient (Wildman–Crippen LogP) is 5.17. The van der Waals surface area contributed by atoms with Crippen LogP contribution < -0.4 is 16.2 Å². The number of pyridine rings is 1. The van der Waals surface area contributed by atoms with Crippen molar-refractivity contribution in [1.29, 1.82) is 0 Å². The van der Waals surface area contributed by atoms with Gasteiger partial charge in [0, 0.05) is 41.1 Å². The Morgan fingerprint density at radius 2 is 1.75 bits per heavy atom. The van der Waals surface area contributed by atoms with Gasteiger partial charge in [0.15, 0.2) is 0 Å². The number of hydrogen-bond acceptors (Lipinski definition) is 4. The van der Waals surface area contributed by atoms with Crippen LogP contribution in [-0.4, -0.2) is 42.0 Å². The number of halogens is 3. The molecule has 0 bridgehead atoms. The minimum Gasteiger partial charge on any atom is -0.382 e. The molecule has 1 unspecified atom stereocenters. The molecule has 1 saturated carbocycles. The fraction of sp³-hybridized carbons (Fsp3) is 0.556. The van der Waals surface area contributed by atoms with Gasteiger partial charge in [-0.2, -0.15) is 13.2 Å². The summed E-state index contributed by atoms with van der Waals surface area (Å²) in [6.45, 7) is 7.08. The van der Waals surface area contributed by atoms with Crippen LogP contribution in [0.25, 0.3) is 0 Å². The maximum atomic E-state index is 13.7. The van der Waals surface area contributed by atoms with Gasteiger partial charge in [0.25, 0.3) is 11.5 Å². The number of carbonyl (C=O) groups is 1. The third-order valence-corrected chi connectivity index (χ3v) is 7.46. The number of alkyl halides is 3. The van der Waals surface area contributed by atoms with Crippen LogP contribution in [0.4, 0.5) is 18.9 Å². The van der Waals surface area contributed by atoms with Crippen molar-refractivity contribution >= 4 is 11.6 Å². The van der Waals surface area contributed by atoms with Crippen molar-refractivity contribution in [2.75, 3.05) is 19.4 Å². The number of aromatic amines is 1. The molecule has 3 N–H and O–H groups in total. The molecule has 1 aliphatic carbocycles. The van der Waals surface area contributed by atoms with Crippen LogP contribution >= 0.6 is 0 Å². The second-order valence-corrected chi connectivity index (χ2v) is 10.3. The molecule has 3 rings (SSSR count). The Balaban J connectivity index is 1.83. The van der Waals surface area contributed by atoms with Gasteiger partial charge >= 0.3 is 6.18 Å². The molecule has 0 radical (unpaired) electrons. The summed E-state index contributed by atoms with van der Waals surface area (Å²) in [6.07, 6.45) is -0.510. The summed E-state index contributed by atoms with van der Waals surface area (Å²) in [5, 5.41) is 5.92. The highest BCUT2D eigenvalue weighted by molar-refractivity contribution is 5.97. The second-order valence-electron chi connectivity index (χ2n) is 10.3. The first-order valence-electron chi connectivity index (χ1n) is 12.4. The Morgan fingerprint density at radius 1 is 1.11 bits per heavy atom. The number of anilines is 1. The Kier molecular flexibility index (Phi) is 8.54. The quantitative estimate of drug-likeness (QED) is 0.484. The number of nitrogens with zero attached hydrogens (tertiary/aromatic N) is 1. The van der Waals surface area contributed by atoms with E-state index >= 15 is 0 Å². The summed E-state index contributed by atoms with van der Waals surface area (Å²) in [7, 11) is 4.14. The highest BCUT2D eigenvalue weighted by atomic mass is 19.4. The van der Waals surface area contributed by atoms with Crippen LogP contribution in [0.1, 0.15) is 70.9 Å². The number of rotatable bonds is 7. The highest BCUT2D eigenvalue weighted by Gasteiger charge is 2.33. The van der Waals surface area contributed by atoms with Crippen molar-refractivity contribution in [2.24, 2.45) is 5.92 Å². The van der Waals surface area contributed by atoms with Gasteiger partial charge in [0.2, 0.25) is 0 Å². The zero-order valence-electron chi connectivity index (χ0n) is 21.9. The molecule has 1 atom stereocenters. The Labute approximate surface area is 210 Å². The number of benzene rings is 1. The second kappa shape index (κ2) is 11.1. The zero-order valence-corrected chi connectivity index (χ0v) is 21.9. The van der Waals surface area contributed by atoms with E-state index < -0.39 is 17.6 Å². The van der Waals surface area contributed by atoms with E-state index in [1.165, 1.54) is 0 Å². The van der Waals surface area contributed by atoms with E-state index in [4.69, 9.17) is 0 Å². The summed E-state index contributed by atoms with van der Waals surface area (Å²) in [5.41, 5.74) is 1.27. The molecular weight excluding hydrogens is 469 g/mol. The number of carbonyl (C=O) groups excluding carboxylic acids is 1. The molecule has 1 aromatic carbocycles. The number of nitrogens with one attached hydrogen (secondary N) is 3. The van der Waals surface area contributed by atoms with Crippen LogP contribution in [0, 0.1) is 26.7 Å². The lowest BCUT2D eigenvalue weighted by molar-refractivity contribution is -0.137. The van der Waals surface area contributed by atoms with Crippen molar-refractivity contribution in [3.8, 4) is 0 Å². The molecule has 0 spiro atoms. The molecule has 1 heterocycles. The number of amides is 1. The summed E-state index contributed by atoms with van der Waals surface area (Å²) in [5.74, 6) is -0.316. The maximum absolute atomic E-state index is 13.7. The lowest BCUT2D eigenvalue weighted by atomic mass is 9.81. The van der Waals surface area contributed by atoms with Crippen molar-refractivity contribution in [1.82, 2.24) is 15.2 Å². The molecule has 0 aliphatic heterocycles. The minimum atomic E-state index is -4.60. The molecule has 198 valence electrons. The van der Waals surface area contributed by atoms with E-state index in [9.17, 15) is 22.8 Å². The maximum Gasteiger partial charge on any atom is 0.416 e. The van der Waals surface area contributed by atoms with Gasteiger partial charge in [-0.15, -0.1) is 0 Å². The standard InChI is InChI=1S/C27H37F3N4O2/c1-15-11-16(2)32-26(36)23(15)14-31-25(35)22-12-20(27(28,29)30)13-24(17(22)3)33-18(4)19-7-9-21(10-8-19)34(5)6/h11-13,18-19,21,33H,7-10,14H2,1-6H3,(H,31,35)(H,32,36). The highest BCUT2D eigenvalue weighted by Crippen LogP contribution is 2.36. The lowest BCUT2D eigenvalue weighted by Crippen LogP contribution is -2.37. The topological polar surface area (TPSA) is 77.2 Å². The van der Waals surface area contributed by atoms with Crippen LogP contribution in [0.15, 0.2) is 23.0 Å². The molecule has 9 heteroatoms. The molecule has 36 heavy (non-hydrogen) atoms. The van der Waals surface area contributed by atoms with Crippen LogP contribution in [-0.2, 0) is 12.7 Å². The molecule has 0 saturated heterocycles. The number of H-pyrrole nitrogens is 1.